The Morgan fingerprint density at radius 1 is 1.35 bits per heavy atom. The van der Waals surface area contributed by atoms with Gasteiger partial charge < -0.3 is 9.88 Å². The molecule has 0 unspecified atom stereocenters. The van der Waals surface area contributed by atoms with Crippen LogP contribution in [0.25, 0.3) is 5.52 Å². The van der Waals surface area contributed by atoms with E-state index in [0.717, 1.165) is 16.3 Å². The molecular weight excluding hydrogens is 437 g/mol. The first-order chi connectivity index (χ1) is 14.7. The minimum absolute atomic E-state index is 0.0439. The van der Waals surface area contributed by atoms with Crippen LogP contribution < -0.4 is 4.68 Å². The van der Waals surface area contributed by atoms with Crippen molar-refractivity contribution in [1.29, 1.82) is 0 Å². The Kier molecular flexibility index (Phi) is 4.29. The molecule has 5 heterocycles. The molecule has 4 aromatic rings. The average molecular weight is 452 g/mol. The monoisotopic (exact) mass is 451 g/mol. The topological polar surface area (TPSA) is 98.8 Å². The summed E-state index contributed by atoms with van der Waals surface area (Å²) >= 11 is 5.88. The highest BCUT2D eigenvalue weighted by Gasteiger charge is 2.41. The van der Waals surface area contributed by atoms with Gasteiger partial charge in [-0.1, -0.05) is 6.07 Å². The summed E-state index contributed by atoms with van der Waals surface area (Å²) < 4.78 is 42.6. The summed E-state index contributed by atoms with van der Waals surface area (Å²) in [6.45, 7) is 0.295. The summed E-state index contributed by atoms with van der Waals surface area (Å²) in [5, 5.41) is 6.97. The Bertz CT molecular complexity index is 1310. The van der Waals surface area contributed by atoms with Crippen LogP contribution in [0.15, 0.2) is 30.6 Å². The van der Waals surface area contributed by atoms with Crippen LogP contribution in [0.2, 0.25) is 5.28 Å². The lowest BCUT2D eigenvalue weighted by Crippen LogP contribution is -2.47. The van der Waals surface area contributed by atoms with Crippen LogP contribution in [-0.2, 0) is 19.6 Å². The van der Waals surface area contributed by atoms with E-state index < -0.39 is 23.8 Å². The van der Waals surface area contributed by atoms with Crippen molar-refractivity contribution in [3.8, 4) is 0 Å². The molecule has 13 heteroatoms. The van der Waals surface area contributed by atoms with E-state index in [1.807, 2.05) is 0 Å². The van der Waals surface area contributed by atoms with Gasteiger partial charge in [-0.3, -0.25) is 4.79 Å². The lowest BCUT2D eigenvalue weighted by Gasteiger charge is -2.32. The molecule has 1 aliphatic heterocycles. The van der Waals surface area contributed by atoms with Crippen LogP contribution in [0.3, 0.4) is 0 Å². The molecule has 1 amide bonds. The highest BCUT2D eigenvalue weighted by molar-refractivity contribution is 6.28. The molecular formula is C18H15ClF3N8O+. The highest BCUT2D eigenvalue weighted by Crippen LogP contribution is 2.35. The van der Waals surface area contributed by atoms with Crippen molar-refractivity contribution >= 4 is 23.0 Å². The van der Waals surface area contributed by atoms with Gasteiger partial charge in [0.1, 0.15) is 18.8 Å². The number of fused-ring (bicyclic) bond motifs is 2. The third kappa shape index (κ3) is 3.14. The van der Waals surface area contributed by atoms with Crippen molar-refractivity contribution in [2.45, 2.75) is 18.6 Å². The van der Waals surface area contributed by atoms with Crippen molar-refractivity contribution in [2.24, 2.45) is 7.05 Å². The molecule has 0 aliphatic carbocycles. The van der Waals surface area contributed by atoms with Crippen molar-refractivity contribution < 1.29 is 22.6 Å². The van der Waals surface area contributed by atoms with Crippen LogP contribution in [0.5, 0.6) is 0 Å². The summed E-state index contributed by atoms with van der Waals surface area (Å²) in [5.41, 5.74) is 0.945. The van der Waals surface area contributed by atoms with E-state index in [1.54, 1.807) is 7.05 Å². The molecule has 2 N–H and O–H groups in total. The Labute approximate surface area is 177 Å². The maximum absolute atomic E-state index is 13.5. The fraction of sp³-hybridized carbons (Fsp3) is 0.278. The van der Waals surface area contributed by atoms with Gasteiger partial charge in [0.2, 0.25) is 0 Å². The number of carbonyl (C=O) groups is 1. The van der Waals surface area contributed by atoms with Gasteiger partial charge in [0.05, 0.1) is 23.2 Å². The zero-order chi connectivity index (χ0) is 21.9. The predicted octanol–water partition coefficient (Wildman–Crippen LogP) is 2.07. The zero-order valence-electron chi connectivity index (χ0n) is 16.0. The van der Waals surface area contributed by atoms with Gasteiger partial charge in [0, 0.05) is 23.6 Å². The van der Waals surface area contributed by atoms with Gasteiger partial charge in [-0.25, -0.2) is 9.50 Å². The van der Waals surface area contributed by atoms with Crippen molar-refractivity contribution in [3.05, 3.63) is 64.5 Å². The third-order valence-corrected chi connectivity index (χ3v) is 5.40. The molecule has 5 rings (SSSR count). The molecule has 1 aliphatic rings. The molecule has 1 atom stereocenters. The Hall–Kier alpha value is -3.41. The second kappa shape index (κ2) is 6.80. The molecule has 0 saturated heterocycles. The minimum Gasteiger partial charge on any atom is -0.348 e. The number of pyridine rings is 1. The SMILES string of the molecule is C[n+]1[nH]c(Cl)nc1C(=O)N1CCc2[nH]cnc2[C@H]1c1cc2cccc(C(F)(F)F)n2n1. The first-order valence-corrected chi connectivity index (χ1v) is 9.62. The van der Waals surface area contributed by atoms with E-state index in [-0.39, 0.29) is 22.3 Å². The number of H-pyrrole nitrogens is 2. The van der Waals surface area contributed by atoms with Gasteiger partial charge in [0.25, 0.3) is 0 Å². The molecule has 9 nitrogen and oxygen atoms in total. The fourth-order valence-corrected chi connectivity index (χ4v) is 4.09. The molecule has 0 radical (unpaired) electrons. The second-order valence-corrected chi connectivity index (χ2v) is 7.49. The fourth-order valence-electron chi connectivity index (χ4n) is 3.88. The Morgan fingerprint density at radius 2 is 2.16 bits per heavy atom. The number of amides is 1. The van der Waals surface area contributed by atoms with Gasteiger partial charge in [-0.15, -0.1) is 4.68 Å². The van der Waals surface area contributed by atoms with Crippen molar-refractivity contribution in [2.75, 3.05) is 6.54 Å². The quantitative estimate of drug-likeness (QED) is 0.456. The lowest BCUT2D eigenvalue weighted by atomic mass is 9.99. The maximum Gasteiger partial charge on any atom is 0.433 e. The smallest absolute Gasteiger partial charge is 0.348 e. The average Bonchev–Trinajstić information content (AvgIpc) is 3.42. The first-order valence-electron chi connectivity index (χ1n) is 9.24. The number of hydrogen-bond donors (Lipinski definition) is 2. The van der Waals surface area contributed by atoms with Crippen molar-refractivity contribution in [3.63, 3.8) is 0 Å². The van der Waals surface area contributed by atoms with Crippen LogP contribution in [-0.4, -0.2) is 47.0 Å². The summed E-state index contributed by atoms with van der Waals surface area (Å²) in [6, 6.07) is 4.54. The maximum atomic E-state index is 13.5. The molecule has 0 fully saturated rings. The number of aromatic amines is 2. The summed E-state index contributed by atoms with van der Waals surface area (Å²) in [5.74, 6) is -0.383. The number of carbonyl (C=O) groups excluding carboxylic acids is 1. The van der Waals surface area contributed by atoms with Gasteiger partial charge in [0.15, 0.2) is 0 Å². The number of aromatic nitrogens is 7. The Balaban J connectivity index is 1.66. The van der Waals surface area contributed by atoms with Gasteiger partial charge in [-0.2, -0.15) is 23.4 Å². The first kappa shape index (κ1) is 19.5. The van der Waals surface area contributed by atoms with Crippen molar-refractivity contribution in [1.82, 2.24) is 34.6 Å². The summed E-state index contributed by atoms with van der Waals surface area (Å²) in [6.07, 6.45) is -2.59. The van der Waals surface area contributed by atoms with E-state index in [2.05, 4.69) is 25.1 Å². The lowest BCUT2D eigenvalue weighted by molar-refractivity contribution is -0.729. The number of aryl methyl sites for hydroxylation is 1. The number of imidazole rings is 1. The molecule has 0 spiro atoms. The molecule has 160 valence electrons. The Morgan fingerprint density at radius 3 is 2.87 bits per heavy atom. The standard InChI is InChI=1S/C18H14ClF3N8O/c1-28-15(25-17(19)27-28)16(31)29-6-5-10-13(24-8-23-10)14(29)11-7-9-3-2-4-12(18(20,21)22)30(9)26-11/h2-4,7-8,14H,5-6H2,1H3,(H,23,24)/p+1/t14-/m1/s1. The van der Waals surface area contributed by atoms with E-state index in [0.29, 0.717) is 18.7 Å². The molecule has 0 bridgehead atoms. The number of halogens is 4. The van der Waals surface area contributed by atoms with E-state index in [9.17, 15) is 18.0 Å². The van der Waals surface area contributed by atoms with Crippen LogP contribution in [0.4, 0.5) is 13.2 Å². The van der Waals surface area contributed by atoms with E-state index in [1.165, 1.54) is 34.1 Å². The predicted molar refractivity (Wildman–Crippen MR) is 100 cm³/mol. The minimum atomic E-state index is -4.58. The summed E-state index contributed by atoms with van der Waals surface area (Å²) in [4.78, 5) is 26.2. The van der Waals surface area contributed by atoms with Crippen LogP contribution >= 0.6 is 11.6 Å². The number of rotatable bonds is 2. The largest absolute Gasteiger partial charge is 0.433 e. The number of nitrogens with one attached hydrogen (secondary N) is 2. The number of nitrogens with zero attached hydrogens (tertiary/aromatic N) is 6. The molecule has 4 aromatic heterocycles. The van der Waals surface area contributed by atoms with Gasteiger partial charge >= 0.3 is 23.2 Å². The second-order valence-electron chi connectivity index (χ2n) is 7.13. The third-order valence-electron chi connectivity index (χ3n) is 5.23. The number of alkyl halides is 3. The molecule has 0 aromatic carbocycles. The zero-order valence-corrected chi connectivity index (χ0v) is 16.7. The number of hydrogen-bond acceptors (Lipinski definition) is 4. The summed E-state index contributed by atoms with van der Waals surface area (Å²) in [7, 11) is 1.59. The van der Waals surface area contributed by atoms with E-state index in [4.69, 9.17) is 11.6 Å². The van der Waals surface area contributed by atoms with E-state index >= 15 is 0 Å². The van der Waals surface area contributed by atoms with Crippen LogP contribution in [0, 0.1) is 0 Å². The molecule has 0 saturated carbocycles. The molecule has 31 heavy (non-hydrogen) atoms. The van der Waals surface area contributed by atoms with Crippen LogP contribution in [0.1, 0.15) is 39.4 Å². The normalized spacial score (nSPS) is 16.7. The highest BCUT2D eigenvalue weighted by atomic mass is 35.5. The van der Waals surface area contributed by atoms with Gasteiger partial charge in [-0.05, 0) is 29.8 Å².